The average molecular weight is 303 g/mol. The quantitative estimate of drug-likeness (QED) is 0.717. The number of rotatable bonds is 5. The number of halogens is 1. The summed E-state index contributed by atoms with van der Waals surface area (Å²) in [5.41, 5.74) is 3.14. The first-order chi connectivity index (χ1) is 10.1. The van der Waals surface area contributed by atoms with Gasteiger partial charge in [0.05, 0.1) is 5.41 Å². The lowest BCUT2D eigenvalue weighted by molar-refractivity contribution is 0.447. The molecule has 0 saturated carbocycles. The highest BCUT2D eigenvalue weighted by Gasteiger charge is 2.34. The van der Waals surface area contributed by atoms with Crippen molar-refractivity contribution in [2.45, 2.75) is 52.4 Å². The molecule has 0 atom stereocenters. The second kappa shape index (κ2) is 6.57. The monoisotopic (exact) mass is 302 g/mol. The maximum absolute atomic E-state index is 6.39. The van der Waals surface area contributed by atoms with E-state index >= 15 is 0 Å². The molecule has 0 radical (unpaired) electrons. The summed E-state index contributed by atoms with van der Waals surface area (Å²) in [6.07, 6.45) is 2.77. The van der Waals surface area contributed by atoms with E-state index in [1.807, 2.05) is 13.0 Å². The molecular weight excluding hydrogens is 280 g/mol. The molecule has 0 aliphatic rings. The van der Waals surface area contributed by atoms with E-state index < -0.39 is 0 Å². The summed E-state index contributed by atoms with van der Waals surface area (Å²) < 4.78 is 0. The number of hydrogen-bond donors (Lipinski definition) is 0. The van der Waals surface area contributed by atoms with Crippen molar-refractivity contribution in [3.63, 3.8) is 0 Å². The van der Waals surface area contributed by atoms with Crippen LogP contribution in [0.4, 0.5) is 0 Å². The van der Waals surface area contributed by atoms with Crippen LogP contribution in [0.15, 0.2) is 30.3 Å². The van der Waals surface area contributed by atoms with Gasteiger partial charge in [0, 0.05) is 11.3 Å². The minimum atomic E-state index is -0.165. The fraction of sp³-hybridized carbons (Fsp3) is 0.444. The van der Waals surface area contributed by atoms with Crippen LogP contribution in [0.3, 0.4) is 0 Å². The molecule has 0 spiro atoms. The maximum atomic E-state index is 6.39. The van der Waals surface area contributed by atoms with Crippen LogP contribution in [-0.2, 0) is 11.8 Å². The fourth-order valence-corrected chi connectivity index (χ4v) is 3.39. The van der Waals surface area contributed by atoms with Crippen molar-refractivity contribution < 1.29 is 0 Å². The average Bonchev–Trinajstić information content (AvgIpc) is 2.50. The highest BCUT2D eigenvalue weighted by molar-refractivity contribution is 6.30. The second-order valence-corrected chi connectivity index (χ2v) is 5.77. The van der Waals surface area contributed by atoms with Crippen LogP contribution in [0.1, 0.15) is 56.3 Å². The lowest BCUT2D eigenvalue weighted by atomic mass is 9.75. The molecule has 2 nitrogen and oxygen atoms in total. The van der Waals surface area contributed by atoms with Gasteiger partial charge in [0.2, 0.25) is 0 Å². The first-order valence-electron chi connectivity index (χ1n) is 7.68. The van der Waals surface area contributed by atoms with E-state index in [1.54, 1.807) is 0 Å². The third-order valence-electron chi connectivity index (χ3n) is 4.48. The molecule has 0 bridgehead atoms. The van der Waals surface area contributed by atoms with Crippen LogP contribution >= 0.6 is 11.6 Å². The van der Waals surface area contributed by atoms with Gasteiger partial charge >= 0.3 is 0 Å². The maximum Gasteiger partial charge on any atom is 0.140 e. The summed E-state index contributed by atoms with van der Waals surface area (Å²) in [6.45, 7) is 8.49. The molecule has 2 rings (SSSR count). The van der Waals surface area contributed by atoms with E-state index in [-0.39, 0.29) is 5.41 Å². The predicted molar refractivity (Wildman–Crippen MR) is 89.0 cm³/mol. The van der Waals surface area contributed by atoms with Crippen LogP contribution in [0.25, 0.3) is 0 Å². The summed E-state index contributed by atoms with van der Waals surface area (Å²) in [5, 5.41) is 0.599. The summed E-state index contributed by atoms with van der Waals surface area (Å²) >= 11 is 6.39. The summed E-state index contributed by atoms with van der Waals surface area (Å²) in [7, 11) is 0. The van der Waals surface area contributed by atoms with Gasteiger partial charge in [-0.3, -0.25) is 0 Å². The van der Waals surface area contributed by atoms with E-state index in [1.165, 1.54) is 5.56 Å². The molecule has 0 aliphatic carbocycles. The molecule has 0 fully saturated rings. The molecule has 112 valence electrons. The van der Waals surface area contributed by atoms with Crippen molar-refractivity contribution in [3.8, 4) is 0 Å². The molecule has 1 aromatic carbocycles. The van der Waals surface area contributed by atoms with E-state index in [2.05, 4.69) is 50.0 Å². The number of hydrogen-bond acceptors (Lipinski definition) is 2. The summed E-state index contributed by atoms with van der Waals surface area (Å²) in [4.78, 5) is 9.45. The van der Waals surface area contributed by atoms with Gasteiger partial charge < -0.3 is 0 Å². The molecule has 2 aromatic rings. The molecule has 21 heavy (non-hydrogen) atoms. The van der Waals surface area contributed by atoms with E-state index in [4.69, 9.17) is 16.6 Å². The van der Waals surface area contributed by atoms with Crippen LogP contribution in [-0.4, -0.2) is 9.97 Å². The van der Waals surface area contributed by atoms with E-state index in [9.17, 15) is 0 Å². The lowest BCUT2D eigenvalue weighted by Crippen LogP contribution is -2.29. The molecular formula is C18H23ClN2. The van der Waals surface area contributed by atoms with Crippen molar-refractivity contribution >= 4 is 11.6 Å². The third-order valence-corrected chi connectivity index (χ3v) is 4.79. The molecule has 3 heteroatoms. The van der Waals surface area contributed by atoms with Gasteiger partial charge in [-0.05, 0) is 31.7 Å². The van der Waals surface area contributed by atoms with E-state index in [0.29, 0.717) is 5.15 Å². The molecule has 0 aliphatic heterocycles. The van der Waals surface area contributed by atoms with Crippen molar-refractivity contribution in [2.75, 3.05) is 0 Å². The Labute approximate surface area is 132 Å². The summed E-state index contributed by atoms with van der Waals surface area (Å²) in [6, 6.07) is 10.5. The van der Waals surface area contributed by atoms with Crippen molar-refractivity contribution in [1.82, 2.24) is 9.97 Å². The van der Waals surface area contributed by atoms with Gasteiger partial charge in [0.25, 0.3) is 0 Å². The number of aryl methyl sites for hydroxylation is 1. The number of benzene rings is 1. The topological polar surface area (TPSA) is 25.8 Å². The molecule has 0 amide bonds. The van der Waals surface area contributed by atoms with Gasteiger partial charge in [0.1, 0.15) is 11.0 Å². The van der Waals surface area contributed by atoms with Crippen LogP contribution in [0, 0.1) is 6.92 Å². The van der Waals surface area contributed by atoms with Crippen LogP contribution in [0.5, 0.6) is 0 Å². The number of aromatic nitrogens is 2. The highest BCUT2D eigenvalue weighted by atomic mass is 35.5. The van der Waals surface area contributed by atoms with Crippen molar-refractivity contribution in [1.29, 1.82) is 0 Å². The predicted octanol–water partition coefficient (Wildman–Crippen LogP) is 5.11. The fourth-order valence-electron chi connectivity index (χ4n) is 3.04. The Morgan fingerprint density at radius 2 is 1.62 bits per heavy atom. The molecule has 0 unspecified atom stereocenters. The number of nitrogens with zero attached hydrogens (tertiary/aromatic N) is 2. The molecule has 1 aromatic heterocycles. The Hall–Kier alpha value is -1.41. The second-order valence-electron chi connectivity index (χ2n) is 5.41. The van der Waals surface area contributed by atoms with Gasteiger partial charge in [-0.25, -0.2) is 9.97 Å². The zero-order valence-electron chi connectivity index (χ0n) is 13.3. The van der Waals surface area contributed by atoms with E-state index in [0.717, 1.165) is 36.3 Å². The zero-order valence-corrected chi connectivity index (χ0v) is 14.0. The molecule has 0 N–H and O–H groups in total. The van der Waals surface area contributed by atoms with Gasteiger partial charge in [-0.1, -0.05) is 62.7 Å². The van der Waals surface area contributed by atoms with Crippen molar-refractivity contribution in [3.05, 3.63) is 58.1 Å². The Balaban J connectivity index is 2.64. The smallest absolute Gasteiger partial charge is 0.140 e. The third kappa shape index (κ3) is 2.82. The Morgan fingerprint density at radius 3 is 2.10 bits per heavy atom. The van der Waals surface area contributed by atoms with Gasteiger partial charge in [-0.2, -0.15) is 0 Å². The minimum Gasteiger partial charge on any atom is -0.237 e. The Morgan fingerprint density at radius 1 is 1.00 bits per heavy atom. The van der Waals surface area contributed by atoms with Crippen LogP contribution in [0.2, 0.25) is 5.15 Å². The Kier molecular flexibility index (Phi) is 5.00. The normalized spacial score (nSPS) is 11.7. The largest absolute Gasteiger partial charge is 0.237 e. The zero-order chi connectivity index (χ0) is 15.5. The van der Waals surface area contributed by atoms with Gasteiger partial charge in [0.15, 0.2) is 0 Å². The highest BCUT2D eigenvalue weighted by Crippen LogP contribution is 2.37. The lowest BCUT2D eigenvalue weighted by Gasteiger charge is -2.31. The molecule has 0 saturated heterocycles. The van der Waals surface area contributed by atoms with Gasteiger partial charge in [-0.15, -0.1) is 0 Å². The summed E-state index contributed by atoms with van der Waals surface area (Å²) in [5.74, 6) is 0.846. The standard InChI is InChI=1S/C18H23ClN2/c1-5-15-13(4)20-17(21-16(15)19)18(6-2,7-3)14-11-9-8-10-12-14/h8-12H,5-7H2,1-4H3. The Bertz CT molecular complexity index is 581. The van der Waals surface area contributed by atoms with Crippen molar-refractivity contribution in [2.24, 2.45) is 0 Å². The first kappa shape index (κ1) is 16.0. The first-order valence-corrected chi connectivity index (χ1v) is 8.05. The minimum absolute atomic E-state index is 0.165. The van der Waals surface area contributed by atoms with Crippen LogP contribution < -0.4 is 0 Å². The molecule has 1 heterocycles. The SMILES string of the molecule is CCc1c(C)nc(C(CC)(CC)c2ccccc2)nc1Cl.